The van der Waals surface area contributed by atoms with Crippen molar-refractivity contribution in [2.75, 3.05) is 5.32 Å². The third-order valence-corrected chi connectivity index (χ3v) is 6.93. The molecule has 1 amide bonds. The molecule has 5 nitrogen and oxygen atoms in total. The maximum absolute atomic E-state index is 13.6. The lowest BCUT2D eigenvalue weighted by atomic mass is 9.95. The summed E-state index contributed by atoms with van der Waals surface area (Å²) in [4.78, 5) is 32.4. The zero-order valence-corrected chi connectivity index (χ0v) is 20.0. The van der Waals surface area contributed by atoms with Gasteiger partial charge in [0.25, 0.3) is 11.5 Å². The van der Waals surface area contributed by atoms with Gasteiger partial charge in [-0.2, -0.15) is 0 Å². The Morgan fingerprint density at radius 3 is 2.40 bits per heavy atom. The molecule has 35 heavy (non-hydrogen) atoms. The van der Waals surface area contributed by atoms with E-state index in [1.807, 2.05) is 61.5 Å². The molecule has 174 valence electrons. The first kappa shape index (κ1) is 22.7. The van der Waals surface area contributed by atoms with Crippen molar-refractivity contribution in [2.45, 2.75) is 19.9 Å². The van der Waals surface area contributed by atoms with Crippen molar-refractivity contribution in [1.29, 1.82) is 0 Å². The van der Waals surface area contributed by atoms with Gasteiger partial charge in [-0.15, -0.1) is 0 Å². The molecule has 1 atom stereocenters. The largest absolute Gasteiger partial charge is 0.322 e. The second-order valence-corrected chi connectivity index (χ2v) is 9.32. The van der Waals surface area contributed by atoms with E-state index < -0.39 is 6.04 Å². The fourth-order valence-electron chi connectivity index (χ4n) is 4.18. The molecule has 4 aromatic rings. The van der Waals surface area contributed by atoms with Gasteiger partial charge in [-0.3, -0.25) is 14.2 Å². The molecule has 1 aliphatic rings. The van der Waals surface area contributed by atoms with E-state index in [2.05, 4.69) is 10.3 Å². The predicted molar refractivity (Wildman–Crippen MR) is 136 cm³/mol. The molecular weight excluding hydrogens is 461 g/mol. The summed E-state index contributed by atoms with van der Waals surface area (Å²) in [5, 5.41) is 3.00. The summed E-state index contributed by atoms with van der Waals surface area (Å²) >= 11 is 1.25. The molecule has 0 aliphatic carbocycles. The second-order valence-electron chi connectivity index (χ2n) is 8.31. The van der Waals surface area contributed by atoms with Crippen LogP contribution in [0.2, 0.25) is 0 Å². The number of aryl methyl sites for hydroxylation is 1. The normalized spacial score (nSPS) is 15.5. The molecule has 0 spiro atoms. The van der Waals surface area contributed by atoms with E-state index in [9.17, 15) is 14.0 Å². The highest BCUT2D eigenvalue weighted by atomic mass is 32.1. The third-order valence-electron chi connectivity index (χ3n) is 5.94. The smallest absolute Gasteiger partial charge is 0.271 e. The van der Waals surface area contributed by atoms with Crippen LogP contribution in [0.25, 0.3) is 6.08 Å². The number of thiazole rings is 1. The molecule has 5 rings (SSSR count). The Balaban J connectivity index is 1.66. The monoisotopic (exact) mass is 483 g/mol. The first-order valence-corrected chi connectivity index (χ1v) is 11.9. The number of benzene rings is 3. The van der Waals surface area contributed by atoms with Gasteiger partial charge in [-0.1, -0.05) is 72.0 Å². The van der Waals surface area contributed by atoms with Gasteiger partial charge in [0, 0.05) is 5.69 Å². The average molecular weight is 484 g/mol. The number of anilines is 1. The highest BCUT2D eigenvalue weighted by Crippen LogP contribution is 2.31. The zero-order chi connectivity index (χ0) is 24.5. The number of nitrogens with one attached hydrogen (secondary N) is 1. The molecule has 0 radical (unpaired) electrons. The number of halogens is 1. The van der Waals surface area contributed by atoms with E-state index in [-0.39, 0.29) is 17.3 Å². The van der Waals surface area contributed by atoms with Crippen LogP contribution in [0.3, 0.4) is 0 Å². The number of rotatable bonds is 4. The Hall–Kier alpha value is -4.10. The third kappa shape index (κ3) is 4.38. The number of hydrogen-bond acceptors (Lipinski definition) is 4. The Morgan fingerprint density at radius 1 is 1.00 bits per heavy atom. The van der Waals surface area contributed by atoms with Crippen LogP contribution in [-0.4, -0.2) is 10.5 Å². The van der Waals surface area contributed by atoms with Crippen molar-refractivity contribution in [3.63, 3.8) is 0 Å². The molecule has 7 heteroatoms. The minimum atomic E-state index is -0.633. The number of hydrogen-bond donors (Lipinski definition) is 1. The molecule has 1 aromatic heterocycles. The van der Waals surface area contributed by atoms with Crippen molar-refractivity contribution < 1.29 is 9.18 Å². The van der Waals surface area contributed by atoms with Crippen LogP contribution in [0, 0.1) is 12.7 Å². The van der Waals surface area contributed by atoms with Crippen molar-refractivity contribution >= 4 is 29.0 Å². The molecule has 3 aromatic carbocycles. The highest BCUT2D eigenvalue weighted by Gasteiger charge is 2.32. The van der Waals surface area contributed by atoms with Gasteiger partial charge in [-0.25, -0.2) is 9.38 Å². The second kappa shape index (κ2) is 9.27. The van der Waals surface area contributed by atoms with E-state index in [1.165, 1.54) is 23.5 Å². The van der Waals surface area contributed by atoms with Gasteiger partial charge in [-0.05, 0) is 54.8 Å². The maximum Gasteiger partial charge on any atom is 0.271 e. The van der Waals surface area contributed by atoms with Gasteiger partial charge < -0.3 is 5.32 Å². The quantitative estimate of drug-likeness (QED) is 0.470. The van der Waals surface area contributed by atoms with Gasteiger partial charge in [0.1, 0.15) is 5.82 Å². The number of nitrogens with zero attached hydrogens (tertiary/aromatic N) is 2. The van der Waals surface area contributed by atoms with Crippen LogP contribution >= 0.6 is 11.3 Å². The zero-order valence-electron chi connectivity index (χ0n) is 19.2. The lowest BCUT2D eigenvalue weighted by molar-refractivity contribution is -0.113. The lowest BCUT2D eigenvalue weighted by Gasteiger charge is -2.25. The molecule has 1 aliphatic heterocycles. The summed E-state index contributed by atoms with van der Waals surface area (Å²) in [6.45, 7) is 3.72. The molecule has 0 bridgehead atoms. The number of para-hydroxylation sites is 1. The minimum absolute atomic E-state index is 0.249. The Labute approximate surface area is 205 Å². The number of amides is 1. The first-order chi connectivity index (χ1) is 16.9. The predicted octanol–water partition coefficient (Wildman–Crippen LogP) is 4.32. The van der Waals surface area contributed by atoms with E-state index in [0.717, 1.165) is 11.1 Å². The highest BCUT2D eigenvalue weighted by molar-refractivity contribution is 7.07. The summed E-state index contributed by atoms with van der Waals surface area (Å²) in [6, 6.07) is 22.3. The fraction of sp³-hybridized carbons (Fsp3) is 0.107. The summed E-state index contributed by atoms with van der Waals surface area (Å²) in [6.07, 6.45) is 1.72. The van der Waals surface area contributed by atoms with Crippen molar-refractivity contribution in [3.05, 3.63) is 132 Å². The number of carbonyl (C=O) groups is 1. The van der Waals surface area contributed by atoms with Crippen molar-refractivity contribution in [1.82, 2.24) is 4.57 Å². The Morgan fingerprint density at radius 2 is 1.69 bits per heavy atom. The molecular formula is C28H22FN3O2S. The molecule has 0 saturated carbocycles. The van der Waals surface area contributed by atoms with Crippen molar-refractivity contribution in [3.8, 4) is 0 Å². The molecule has 1 N–H and O–H groups in total. The van der Waals surface area contributed by atoms with Gasteiger partial charge in [0.2, 0.25) is 0 Å². The van der Waals surface area contributed by atoms with Crippen LogP contribution in [0.1, 0.15) is 29.7 Å². The average Bonchev–Trinajstić information content (AvgIpc) is 3.16. The van der Waals surface area contributed by atoms with E-state index >= 15 is 0 Å². The topological polar surface area (TPSA) is 63.5 Å². The maximum atomic E-state index is 13.6. The Bertz CT molecular complexity index is 1630. The summed E-state index contributed by atoms with van der Waals surface area (Å²) < 4.78 is 15.4. The summed E-state index contributed by atoms with van der Waals surface area (Å²) in [5.74, 6) is -0.644. The lowest BCUT2D eigenvalue weighted by Crippen LogP contribution is -2.40. The molecule has 0 saturated heterocycles. The molecule has 0 fully saturated rings. The number of carbonyl (C=O) groups excluding carboxylic acids is 1. The van der Waals surface area contributed by atoms with Gasteiger partial charge in [0.15, 0.2) is 4.80 Å². The first-order valence-electron chi connectivity index (χ1n) is 11.1. The molecule has 2 heterocycles. The minimum Gasteiger partial charge on any atom is -0.322 e. The standard InChI is InChI=1S/C28H22FN3O2S/c1-17-8-6-7-11-22(17)31-26(33)24-18(2)30-28-32(25(24)20-9-4-3-5-10-20)27(34)23(35-28)16-19-12-14-21(29)15-13-19/h3-16,25H,1-2H3,(H,31,33)/b23-16+/t25-/m1/s1. The number of fused-ring (bicyclic) bond motifs is 1. The van der Waals surface area contributed by atoms with E-state index in [0.29, 0.717) is 31.9 Å². The van der Waals surface area contributed by atoms with Gasteiger partial charge >= 0.3 is 0 Å². The van der Waals surface area contributed by atoms with Crippen molar-refractivity contribution in [2.24, 2.45) is 4.99 Å². The van der Waals surface area contributed by atoms with Crippen LogP contribution < -0.4 is 20.2 Å². The summed E-state index contributed by atoms with van der Waals surface area (Å²) in [5.41, 5.74) is 3.89. The summed E-state index contributed by atoms with van der Waals surface area (Å²) in [7, 11) is 0. The van der Waals surface area contributed by atoms with Crippen LogP contribution in [0.4, 0.5) is 10.1 Å². The van der Waals surface area contributed by atoms with E-state index in [1.54, 1.807) is 29.7 Å². The Kier molecular flexibility index (Phi) is 6.01. The van der Waals surface area contributed by atoms with Crippen LogP contribution in [-0.2, 0) is 4.79 Å². The van der Waals surface area contributed by atoms with Crippen LogP contribution in [0.15, 0.2) is 99.9 Å². The van der Waals surface area contributed by atoms with E-state index in [4.69, 9.17) is 0 Å². The molecule has 0 unspecified atom stereocenters. The number of aromatic nitrogens is 1. The SMILES string of the molecule is CC1=C(C(=O)Nc2ccccc2C)[C@@H](c2ccccc2)n2c(s/c(=C/c3ccc(F)cc3)c2=O)=N1. The fourth-order valence-corrected chi connectivity index (χ4v) is 5.22. The number of allylic oxidation sites excluding steroid dienone is 1. The van der Waals surface area contributed by atoms with Crippen LogP contribution in [0.5, 0.6) is 0 Å². The van der Waals surface area contributed by atoms with Gasteiger partial charge in [0.05, 0.1) is 21.8 Å².